The van der Waals surface area contributed by atoms with Gasteiger partial charge in [-0.1, -0.05) is 18.2 Å². The molecule has 3 aromatic rings. The van der Waals surface area contributed by atoms with Gasteiger partial charge in [0, 0.05) is 49.2 Å². The fourth-order valence-electron chi connectivity index (χ4n) is 4.29. The molecule has 32 heavy (non-hydrogen) atoms. The maximum Gasteiger partial charge on any atom is 0.227 e. The van der Waals surface area contributed by atoms with Crippen molar-refractivity contribution in [3.05, 3.63) is 53.3 Å². The highest BCUT2D eigenvalue weighted by atomic mass is 16.5. The molecule has 1 fully saturated rings. The topological polar surface area (TPSA) is 64.4 Å². The number of nitrogens with zero attached hydrogens (tertiary/aromatic N) is 2. The first-order valence-corrected chi connectivity index (χ1v) is 10.8. The van der Waals surface area contributed by atoms with Crippen LogP contribution in [0, 0.1) is 6.92 Å². The number of ether oxygens (including phenoxy) is 3. The maximum atomic E-state index is 12.9. The molecule has 0 saturated carbocycles. The maximum absolute atomic E-state index is 12.9. The van der Waals surface area contributed by atoms with Gasteiger partial charge in [0.25, 0.3) is 0 Å². The average molecular weight is 439 g/mol. The Hall–Kier alpha value is -3.19. The van der Waals surface area contributed by atoms with Gasteiger partial charge < -0.3 is 23.5 Å². The number of rotatable bonds is 7. The third-order valence-electron chi connectivity index (χ3n) is 6.06. The molecular formula is C25H30N2O5. The van der Waals surface area contributed by atoms with Gasteiger partial charge in [0.05, 0.1) is 34.0 Å². The molecule has 0 unspecified atom stereocenters. The molecule has 1 saturated heterocycles. The number of amides is 1. The summed E-state index contributed by atoms with van der Waals surface area (Å²) < 4.78 is 22.1. The van der Waals surface area contributed by atoms with E-state index in [2.05, 4.69) is 4.90 Å². The highest BCUT2D eigenvalue weighted by Gasteiger charge is 2.24. The Morgan fingerprint density at radius 3 is 2.38 bits per heavy atom. The monoisotopic (exact) mass is 438 g/mol. The lowest BCUT2D eigenvalue weighted by Crippen LogP contribution is -2.48. The van der Waals surface area contributed by atoms with Crippen molar-refractivity contribution in [2.24, 2.45) is 0 Å². The first-order valence-electron chi connectivity index (χ1n) is 10.8. The van der Waals surface area contributed by atoms with Crippen molar-refractivity contribution in [1.82, 2.24) is 9.80 Å². The van der Waals surface area contributed by atoms with Gasteiger partial charge in [0.2, 0.25) is 11.7 Å². The van der Waals surface area contributed by atoms with E-state index in [1.807, 2.05) is 42.2 Å². The predicted molar refractivity (Wildman–Crippen MR) is 123 cm³/mol. The summed E-state index contributed by atoms with van der Waals surface area (Å²) in [4.78, 5) is 17.2. The van der Waals surface area contributed by atoms with Crippen molar-refractivity contribution < 1.29 is 23.4 Å². The van der Waals surface area contributed by atoms with Crippen LogP contribution in [-0.4, -0.2) is 63.2 Å². The molecule has 170 valence electrons. The number of fused-ring (bicyclic) bond motifs is 1. The molecule has 7 nitrogen and oxygen atoms in total. The number of benzene rings is 2. The van der Waals surface area contributed by atoms with Crippen molar-refractivity contribution >= 4 is 16.9 Å². The van der Waals surface area contributed by atoms with E-state index in [-0.39, 0.29) is 5.91 Å². The summed E-state index contributed by atoms with van der Waals surface area (Å²) in [6.07, 6.45) is 2.07. The van der Waals surface area contributed by atoms with Gasteiger partial charge in [-0.25, -0.2) is 0 Å². The minimum absolute atomic E-state index is 0.136. The highest BCUT2D eigenvalue weighted by Crippen LogP contribution is 2.40. The van der Waals surface area contributed by atoms with Gasteiger partial charge >= 0.3 is 0 Å². The predicted octanol–water partition coefficient (Wildman–Crippen LogP) is 3.65. The number of furan rings is 1. The number of methoxy groups -OCH3 is 3. The summed E-state index contributed by atoms with van der Waals surface area (Å²) in [6.45, 7) is 5.75. The molecule has 7 heteroatoms. The third-order valence-corrected chi connectivity index (χ3v) is 6.06. The summed E-state index contributed by atoms with van der Waals surface area (Å²) in [6, 6.07) is 9.99. The van der Waals surface area contributed by atoms with Crippen LogP contribution in [0.15, 0.2) is 41.0 Å². The Morgan fingerprint density at radius 2 is 1.69 bits per heavy atom. The molecule has 4 rings (SSSR count). The molecule has 1 aliphatic rings. The standard InChI is InChI=1S/C25H30N2O5/c1-17-5-7-20-19(16-32-22(20)13-17)14-23(28)27-11-9-26(10-12-27)15-18-6-8-21(29-2)25(31-4)24(18)30-3/h5-8,13,16H,9-12,14-15H2,1-4H3. The van der Waals surface area contributed by atoms with E-state index in [4.69, 9.17) is 18.6 Å². The molecule has 0 bridgehead atoms. The zero-order valence-electron chi connectivity index (χ0n) is 19.1. The second kappa shape index (κ2) is 9.53. The van der Waals surface area contributed by atoms with Gasteiger partial charge in [-0.3, -0.25) is 9.69 Å². The number of aryl methyl sites for hydroxylation is 1. The van der Waals surface area contributed by atoms with Gasteiger partial charge in [-0.2, -0.15) is 0 Å². The summed E-state index contributed by atoms with van der Waals surface area (Å²) in [5.41, 5.74) is 3.96. The zero-order valence-corrected chi connectivity index (χ0v) is 19.1. The Morgan fingerprint density at radius 1 is 0.938 bits per heavy atom. The fourth-order valence-corrected chi connectivity index (χ4v) is 4.29. The Balaban J connectivity index is 1.37. The van der Waals surface area contributed by atoms with Crippen molar-refractivity contribution in [3.63, 3.8) is 0 Å². The van der Waals surface area contributed by atoms with E-state index < -0.39 is 0 Å². The summed E-state index contributed by atoms with van der Waals surface area (Å²) in [7, 11) is 4.86. The number of piperazine rings is 1. The SMILES string of the molecule is COc1ccc(CN2CCN(C(=O)Cc3coc4cc(C)ccc34)CC2)c(OC)c1OC. The first-order chi connectivity index (χ1) is 15.5. The third kappa shape index (κ3) is 4.39. The van der Waals surface area contributed by atoms with Crippen LogP contribution >= 0.6 is 0 Å². The quantitative estimate of drug-likeness (QED) is 0.561. The van der Waals surface area contributed by atoms with E-state index >= 15 is 0 Å². The van der Waals surface area contributed by atoms with Crippen LogP contribution in [0.25, 0.3) is 11.0 Å². The van der Waals surface area contributed by atoms with Crippen LogP contribution in [0.2, 0.25) is 0 Å². The Labute approximate surface area is 188 Å². The highest BCUT2D eigenvalue weighted by molar-refractivity contribution is 5.88. The smallest absolute Gasteiger partial charge is 0.227 e. The zero-order chi connectivity index (χ0) is 22.7. The summed E-state index contributed by atoms with van der Waals surface area (Å²) >= 11 is 0. The Bertz CT molecular complexity index is 1100. The van der Waals surface area contributed by atoms with Crippen LogP contribution in [0.5, 0.6) is 17.2 Å². The number of carbonyl (C=O) groups excluding carboxylic acids is 1. The summed E-state index contributed by atoms with van der Waals surface area (Å²) in [5, 5.41) is 1.02. The van der Waals surface area contributed by atoms with E-state index in [1.165, 1.54) is 0 Å². The van der Waals surface area contributed by atoms with Crippen molar-refractivity contribution in [1.29, 1.82) is 0 Å². The van der Waals surface area contributed by atoms with Crippen LogP contribution in [0.3, 0.4) is 0 Å². The van der Waals surface area contributed by atoms with Crippen LogP contribution in [-0.2, 0) is 17.8 Å². The first kappa shape index (κ1) is 22.0. The lowest BCUT2D eigenvalue weighted by Gasteiger charge is -2.35. The molecule has 1 aliphatic heterocycles. The molecule has 2 heterocycles. The molecule has 0 N–H and O–H groups in total. The van der Waals surface area contributed by atoms with E-state index in [0.717, 1.165) is 47.3 Å². The summed E-state index contributed by atoms with van der Waals surface area (Å²) in [5.74, 6) is 2.07. The average Bonchev–Trinajstić information content (AvgIpc) is 3.20. The van der Waals surface area contributed by atoms with Crippen LogP contribution in [0.4, 0.5) is 0 Å². The van der Waals surface area contributed by atoms with Crippen molar-refractivity contribution in [2.45, 2.75) is 19.9 Å². The van der Waals surface area contributed by atoms with E-state index in [1.54, 1.807) is 27.6 Å². The second-order valence-electron chi connectivity index (χ2n) is 8.09. The minimum Gasteiger partial charge on any atom is -0.493 e. The number of hydrogen-bond acceptors (Lipinski definition) is 6. The van der Waals surface area contributed by atoms with Crippen molar-refractivity contribution in [3.8, 4) is 17.2 Å². The van der Waals surface area contributed by atoms with Gasteiger partial charge in [0.1, 0.15) is 5.58 Å². The molecule has 0 atom stereocenters. The lowest BCUT2D eigenvalue weighted by molar-refractivity contribution is -0.132. The van der Waals surface area contributed by atoms with E-state index in [0.29, 0.717) is 36.8 Å². The van der Waals surface area contributed by atoms with Gasteiger partial charge in [0.15, 0.2) is 11.5 Å². The largest absolute Gasteiger partial charge is 0.493 e. The molecule has 0 radical (unpaired) electrons. The normalized spacial score (nSPS) is 14.6. The molecule has 2 aromatic carbocycles. The number of carbonyl (C=O) groups is 1. The minimum atomic E-state index is 0.136. The Kier molecular flexibility index (Phi) is 6.55. The number of hydrogen-bond donors (Lipinski definition) is 0. The molecule has 0 spiro atoms. The molecular weight excluding hydrogens is 408 g/mol. The fraction of sp³-hybridized carbons (Fsp3) is 0.400. The van der Waals surface area contributed by atoms with Crippen LogP contribution < -0.4 is 14.2 Å². The van der Waals surface area contributed by atoms with Gasteiger partial charge in [-0.15, -0.1) is 0 Å². The molecule has 0 aliphatic carbocycles. The second-order valence-corrected chi connectivity index (χ2v) is 8.09. The van der Waals surface area contributed by atoms with Gasteiger partial charge in [-0.05, 0) is 24.6 Å². The molecule has 1 aromatic heterocycles. The molecule has 1 amide bonds. The van der Waals surface area contributed by atoms with E-state index in [9.17, 15) is 4.79 Å². The van der Waals surface area contributed by atoms with Crippen molar-refractivity contribution in [2.75, 3.05) is 47.5 Å². The lowest BCUT2D eigenvalue weighted by atomic mass is 10.1. The van der Waals surface area contributed by atoms with Crippen LogP contribution in [0.1, 0.15) is 16.7 Å².